The van der Waals surface area contributed by atoms with Crippen LogP contribution in [0.2, 0.25) is 5.15 Å². The van der Waals surface area contributed by atoms with Gasteiger partial charge in [-0.05, 0) is 31.2 Å². The van der Waals surface area contributed by atoms with Gasteiger partial charge >= 0.3 is 5.97 Å². The summed E-state index contributed by atoms with van der Waals surface area (Å²) in [5.74, 6) is 0.116. The first kappa shape index (κ1) is 20.2. The van der Waals surface area contributed by atoms with E-state index in [-0.39, 0.29) is 5.97 Å². The van der Waals surface area contributed by atoms with Gasteiger partial charge < -0.3 is 9.47 Å². The Hall–Kier alpha value is -1.81. The zero-order valence-electron chi connectivity index (χ0n) is 14.1. The lowest BCUT2D eigenvalue weighted by atomic mass is 10.1. The fourth-order valence-corrected chi connectivity index (χ4v) is 1.81. The summed E-state index contributed by atoms with van der Waals surface area (Å²) in [4.78, 5) is 15.9. The fraction of sp³-hybridized carbons (Fsp3) is 0.412. The van der Waals surface area contributed by atoms with Crippen LogP contribution in [0.15, 0.2) is 24.3 Å². The fourth-order valence-electron chi connectivity index (χ4n) is 1.67. The molecule has 0 saturated heterocycles. The smallest absolute Gasteiger partial charge is 0.338 e. The van der Waals surface area contributed by atoms with Crippen LogP contribution in [0.1, 0.15) is 45.0 Å². The number of carbonyl (C=O) groups is 1. The second kappa shape index (κ2) is 10.9. The van der Waals surface area contributed by atoms with Crippen molar-refractivity contribution in [1.82, 2.24) is 4.98 Å². The maximum absolute atomic E-state index is 11.7. The van der Waals surface area contributed by atoms with Crippen LogP contribution in [0.25, 0.3) is 10.9 Å². The molecule has 0 atom stereocenters. The van der Waals surface area contributed by atoms with E-state index in [0.717, 1.165) is 5.39 Å². The van der Waals surface area contributed by atoms with Gasteiger partial charge in [-0.25, -0.2) is 9.78 Å². The van der Waals surface area contributed by atoms with Gasteiger partial charge in [0.2, 0.25) is 0 Å². The Morgan fingerprint density at radius 1 is 1.18 bits per heavy atom. The SMILES string of the molecule is CC.CC.CCOC(=O)c1cc(OC)c2nc(Cl)ccc2c1. The topological polar surface area (TPSA) is 48.4 Å². The first-order chi connectivity index (χ1) is 10.7. The molecule has 0 aliphatic carbocycles. The molecule has 0 unspecified atom stereocenters. The largest absolute Gasteiger partial charge is 0.494 e. The molecule has 0 aliphatic heterocycles. The molecule has 0 spiro atoms. The number of aromatic nitrogens is 1. The second-order valence-electron chi connectivity index (χ2n) is 3.60. The van der Waals surface area contributed by atoms with E-state index in [2.05, 4.69) is 4.98 Å². The molecular weight excluding hydrogens is 302 g/mol. The molecule has 2 rings (SSSR count). The number of carbonyl (C=O) groups excluding carboxylic acids is 1. The number of esters is 1. The van der Waals surface area contributed by atoms with Crippen molar-refractivity contribution in [2.75, 3.05) is 13.7 Å². The molecule has 0 fully saturated rings. The second-order valence-corrected chi connectivity index (χ2v) is 3.99. The van der Waals surface area contributed by atoms with Crippen molar-refractivity contribution in [2.24, 2.45) is 0 Å². The zero-order valence-corrected chi connectivity index (χ0v) is 14.8. The number of benzene rings is 1. The molecule has 1 heterocycles. The molecule has 5 heteroatoms. The van der Waals surface area contributed by atoms with Crippen molar-refractivity contribution in [3.8, 4) is 5.75 Å². The molecule has 2 aromatic rings. The van der Waals surface area contributed by atoms with Gasteiger partial charge in [0.15, 0.2) is 0 Å². The molecule has 122 valence electrons. The van der Waals surface area contributed by atoms with E-state index in [1.807, 2.05) is 27.7 Å². The highest BCUT2D eigenvalue weighted by molar-refractivity contribution is 6.29. The van der Waals surface area contributed by atoms with Gasteiger partial charge in [-0.2, -0.15) is 0 Å². The van der Waals surface area contributed by atoms with E-state index in [1.165, 1.54) is 7.11 Å². The Morgan fingerprint density at radius 2 is 1.82 bits per heavy atom. The van der Waals surface area contributed by atoms with Crippen molar-refractivity contribution < 1.29 is 14.3 Å². The van der Waals surface area contributed by atoms with Gasteiger partial charge in [-0.3, -0.25) is 0 Å². The summed E-state index contributed by atoms with van der Waals surface area (Å²) in [6.07, 6.45) is 0. The number of hydrogen-bond donors (Lipinski definition) is 0. The number of hydrogen-bond acceptors (Lipinski definition) is 4. The van der Waals surface area contributed by atoms with Crippen LogP contribution in [0.5, 0.6) is 5.75 Å². The molecule has 22 heavy (non-hydrogen) atoms. The molecule has 0 aliphatic rings. The quantitative estimate of drug-likeness (QED) is 0.580. The number of fused-ring (bicyclic) bond motifs is 1. The van der Waals surface area contributed by atoms with Crippen LogP contribution in [0, 0.1) is 0 Å². The van der Waals surface area contributed by atoms with E-state index in [0.29, 0.717) is 28.6 Å². The average Bonchev–Trinajstić information content (AvgIpc) is 2.57. The zero-order chi connectivity index (χ0) is 17.1. The summed E-state index contributed by atoms with van der Waals surface area (Å²) in [6, 6.07) is 6.76. The first-order valence-corrected chi connectivity index (χ1v) is 7.85. The number of rotatable bonds is 3. The Bertz CT molecular complexity index is 600. The molecule has 0 saturated carbocycles. The maximum Gasteiger partial charge on any atom is 0.338 e. The summed E-state index contributed by atoms with van der Waals surface area (Å²) in [7, 11) is 1.52. The normalized spacial score (nSPS) is 9.05. The number of halogens is 1. The monoisotopic (exact) mass is 325 g/mol. The maximum atomic E-state index is 11.7. The molecule has 4 nitrogen and oxygen atoms in total. The van der Waals surface area contributed by atoms with E-state index in [1.54, 1.807) is 31.2 Å². The van der Waals surface area contributed by atoms with Gasteiger partial charge in [-0.1, -0.05) is 39.3 Å². The third-order valence-electron chi connectivity index (χ3n) is 2.45. The Balaban J connectivity index is 0.00000102. The first-order valence-electron chi connectivity index (χ1n) is 7.47. The van der Waals surface area contributed by atoms with Crippen molar-refractivity contribution >= 4 is 28.5 Å². The van der Waals surface area contributed by atoms with Crippen LogP contribution >= 0.6 is 11.6 Å². The Kier molecular flexibility index (Phi) is 9.96. The van der Waals surface area contributed by atoms with Crippen molar-refractivity contribution in [3.05, 3.63) is 35.0 Å². The summed E-state index contributed by atoms with van der Waals surface area (Å²) in [6.45, 7) is 10.1. The number of methoxy groups -OCH3 is 1. The van der Waals surface area contributed by atoms with Gasteiger partial charge in [-0.15, -0.1) is 0 Å². The predicted octanol–water partition coefficient (Wildman–Crippen LogP) is 5.13. The van der Waals surface area contributed by atoms with E-state index >= 15 is 0 Å². The van der Waals surface area contributed by atoms with Crippen molar-refractivity contribution in [3.63, 3.8) is 0 Å². The number of pyridine rings is 1. The summed E-state index contributed by atoms with van der Waals surface area (Å²) < 4.78 is 10.2. The molecular formula is C17H24ClNO3. The highest BCUT2D eigenvalue weighted by Gasteiger charge is 2.12. The minimum atomic E-state index is -0.382. The molecule has 0 bridgehead atoms. The molecule has 0 radical (unpaired) electrons. The van der Waals surface area contributed by atoms with Gasteiger partial charge in [0.05, 0.1) is 19.3 Å². The molecule has 1 aromatic carbocycles. The highest BCUT2D eigenvalue weighted by Crippen LogP contribution is 2.27. The van der Waals surface area contributed by atoms with Crippen LogP contribution in [0.4, 0.5) is 0 Å². The van der Waals surface area contributed by atoms with E-state index in [4.69, 9.17) is 21.1 Å². The van der Waals surface area contributed by atoms with Crippen LogP contribution in [-0.2, 0) is 4.74 Å². The van der Waals surface area contributed by atoms with E-state index < -0.39 is 0 Å². The lowest BCUT2D eigenvalue weighted by molar-refractivity contribution is 0.0526. The summed E-state index contributed by atoms with van der Waals surface area (Å²) >= 11 is 5.84. The van der Waals surface area contributed by atoms with Gasteiger partial charge in [0.25, 0.3) is 0 Å². The average molecular weight is 326 g/mol. The minimum Gasteiger partial charge on any atom is -0.494 e. The Labute approximate surface area is 137 Å². The molecule has 1 aromatic heterocycles. The molecule has 0 amide bonds. The third-order valence-corrected chi connectivity index (χ3v) is 2.67. The third kappa shape index (κ3) is 5.19. The van der Waals surface area contributed by atoms with Crippen LogP contribution in [0.3, 0.4) is 0 Å². The molecule has 0 N–H and O–H groups in total. The van der Waals surface area contributed by atoms with Crippen LogP contribution < -0.4 is 4.74 Å². The van der Waals surface area contributed by atoms with Crippen molar-refractivity contribution in [1.29, 1.82) is 0 Å². The lowest BCUT2D eigenvalue weighted by Gasteiger charge is -2.08. The van der Waals surface area contributed by atoms with Crippen molar-refractivity contribution in [2.45, 2.75) is 34.6 Å². The standard InChI is InChI=1S/C13H12ClNO3.2C2H6/c1-3-18-13(16)9-6-8-4-5-11(14)15-12(8)10(7-9)17-2;2*1-2/h4-7H,3H2,1-2H3;2*1-2H3. The van der Waals surface area contributed by atoms with Crippen LogP contribution in [-0.4, -0.2) is 24.7 Å². The Morgan fingerprint density at radius 3 is 2.36 bits per heavy atom. The summed E-state index contributed by atoms with van der Waals surface area (Å²) in [5, 5.41) is 1.16. The number of nitrogens with zero attached hydrogens (tertiary/aromatic N) is 1. The lowest BCUT2D eigenvalue weighted by Crippen LogP contribution is -2.05. The van der Waals surface area contributed by atoms with Gasteiger partial charge in [0, 0.05) is 5.39 Å². The predicted molar refractivity (Wildman–Crippen MR) is 92.0 cm³/mol. The summed E-state index contributed by atoms with van der Waals surface area (Å²) in [5.41, 5.74) is 1.06. The number of ether oxygens (including phenoxy) is 2. The van der Waals surface area contributed by atoms with E-state index in [9.17, 15) is 4.79 Å². The van der Waals surface area contributed by atoms with Gasteiger partial charge in [0.1, 0.15) is 16.4 Å². The highest BCUT2D eigenvalue weighted by atomic mass is 35.5. The minimum absolute atomic E-state index is 0.331.